The first kappa shape index (κ1) is 16.7. The van der Waals surface area contributed by atoms with E-state index in [4.69, 9.17) is 0 Å². The molecule has 1 aliphatic rings. The predicted molar refractivity (Wildman–Crippen MR) is 79.2 cm³/mol. The third-order valence-corrected chi connectivity index (χ3v) is 4.16. The van der Waals surface area contributed by atoms with Crippen LogP contribution in [-0.2, 0) is 6.54 Å². The van der Waals surface area contributed by atoms with Gasteiger partial charge in [-0.1, -0.05) is 19.3 Å². The van der Waals surface area contributed by atoms with Gasteiger partial charge in [-0.2, -0.15) is 0 Å². The SMILES string of the molecule is O=C(NCc1cc(F)ccc1F)NC1CCCCCC1CO. The van der Waals surface area contributed by atoms with E-state index in [1.54, 1.807) is 0 Å². The maximum atomic E-state index is 13.5. The molecule has 2 amide bonds. The van der Waals surface area contributed by atoms with Gasteiger partial charge in [-0.25, -0.2) is 13.6 Å². The zero-order valence-corrected chi connectivity index (χ0v) is 12.4. The van der Waals surface area contributed by atoms with E-state index >= 15 is 0 Å². The molecule has 0 radical (unpaired) electrons. The van der Waals surface area contributed by atoms with E-state index in [1.807, 2.05) is 0 Å². The van der Waals surface area contributed by atoms with E-state index in [1.165, 1.54) is 0 Å². The third kappa shape index (κ3) is 4.66. The summed E-state index contributed by atoms with van der Waals surface area (Å²) in [6.45, 7) is -0.0323. The zero-order valence-electron chi connectivity index (χ0n) is 12.4. The summed E-state index contributed by atoms with van der Waals surface area (Å²) in [5, 5.41) is 14.8. The number of carbonyl (C=O) groups excluding carboxylic acids is 1. The van der Waals surface area contributed by atoms with Crippen LogP contribution >= 0.6 is 0 Å². The van der Waals surface area contributed by atoms with Crippen molar-refractivity contribution < 1.29 is 18.7 Å². The number of nitrogens with one attached hydrogen (secondary N) is 2. The van der Waals surface area contributed by atoms with Crippen molar-refractivity contribution in [3.05, 3.63) is 35.4 Å². The van der Waals surface area contributed by atoms with Gasteiger partial charge in [0.05, 0.1) is 0 Å². The smallest absolute Gasteiger partial charge is 0.315 e. The monoisotopic (exact) mass is 312 g/mol. The van der Waals surface area contributed by atoms with Crippen molar-refractivity contribution in [3.8, 4) is 0 Å². The topological polar surface area (TPSA) is 61.4 Å². The van der Waals surface area contributed by atoms with Gasteiger partial charge in [0.15, 0.2) is 0 Å². The average Bonchev–Trinajstić information content (AvgIpc) is 2.73. The molecule has 6 heteroatoms. The average molecular weight is 312 g/mol. The summed E-state index contributed by atoms with van der Waals surface area (Å²) in [4.78, 5) is 11.9. The first-order valence-electron chi connectivity index (χ1n) is 7.69. The highest BCUT2D eigenvalue weighted by Crippen LogP contribution is 2.23. The number of aliphatic hydroxyl groups excluding tert-OH is 1. The number of carbonyl (C=O) groups is 1. The van der Waals surface area contributed by atoms with Crippen LogP contribution in [0.5, 0.6) is 0 Å². The molecule has 0 bridgehead atoms. The number of benzene rings is 1. The number of rotatable bonds is 4. The maximum absolute atomic E-state index is 13.5. The molecule has 0 spiro atoms. The predicted octanol–water partition coefficient (Wildman–Crippen LogP) is 2.71. The Labute approximate surface area is 128 Å². The van der Waals surface area contributed by atoms with Crippen LogP contribution in [0.15, 0.2) is 18.2 Å². The lowest BCUT2D eigenvalue weighted by atomic mass is 9.96. The minimum Gasteiger partial charge on any atom is -0.396 e. The van der Waals surface area contributed by atoms with Crippen molar-refractivity contribution in [1.82, 2.24) is 10.6 Å². The molecule has 2 atom stereocenters. The Bertz CT molecular complexity index is 511. The lowest BCUT2D eigenvalue weighted by Crippen LogP contribution is -2.46. The lowest BCUT2D eigenvalue weighted by Gasteiger charge is -2.24. The van der Waals surface area contributed by atoms with Gasteiger partial charge in [0, 0.05) is 30.7 Å². The summed E-state index contributed by atoms with van der Waals surface area (Å²) in [6.07, 6.45) is 4.89. The fourth-order valence-electron chi connectivity index (χ4n) is 2.87. The number of hydrogen-bond acceptors (Lipinski definition) is 2. The number of halogens is 2. The molecule has 2 rings (SSSR count). The number of hydrogen-bond donors (Lipinski definition) is 3. The third-order valence-electron chi connectivity index (χ3n) is 4.16. The highest BCUT2D eigenvalue weighted by atomic mass is 19.1. The molecule has 1 saturated carbocycles. The standard InChI is InChI=1S/C16H22F2N2O2/c17-13-6-7-14(18)12(8-13)9-19-16(22)20-15-5-3-1-2-4-11(15)10-21/h6-8,11,15,21H,1-5,9-10H2,(H2,19,20,22). The summed E-state index contributed by atoms with van der Waals surface area (Å²) in [5.74, 6) is -1.04. The Morgan fingerprint density at radius 1 is 1.23 bits per heavy atom. The van der Waals surface area contributed by atoms with Crippen molar-refractivity contribution >= 4 is 6.03 Å². The summed E-state index contributed by atoms with van der Waals surface area (Å²) in [5.41, 5.74) is 0.106. The molecule has 0 aromatic heterocycles. The molecule has 1 aromatic carbocycles. The molecule has 22 heavy (non-hydrogen) atoms. The molecular weight excluding hydrogens is 290 g/mol. The van der Waals surface area contributed by atoms with Gasteiger partial charge in [-0.3, -0.25) is 0 Å². The van der Waals surface area contributed by atoms with Crippen molar-refractivity contribution in [2.45, 2.75) is 44.7 Å². The van der Waals surface area contributed by atoms with E-state index in [9.17, 15) is 18.7 Å². The molecule has 0 saturated heterocycles. The second kappa shape index (κ2) is 8.08. The maximum Gasteiger partial charge on any atom is 0.315 e. The first-order valence-corrected chi connectivity index (χ1v) is 7.69. The van der Waals surface area contributed by atoms with Gasteiger partial charge in [0.2, 0.25) is 0 Å². The quantitative estimate of drug-likeness (QED) is 0.749. The van der Waals surface area contributed by atoms with Crippen LogP contribution in [0, 0.1) is 17.6 Å². The fraction of sp³-hybridized carbons (Fsp3) is 0.562. The molecule has 3 N–H and O–H groups in total. The molecule has 0 heterocycles. The summed E-state index contributed by atoms with van der Waals surface area (Å²) < 4.78 is 26.5. The number of aliphatic hydroxyl groups is 1. The van der Waals surface area contributed by atoms with Crippen molar-refractivity contribution in [2.75, 3.05) is 6.61 Å². The van der Waals surface area contributed by atoms with Gasteiger partial charge >= 0.3 is 6.03 Å². The Kier molecular flexibility index (Phi) is 6.12. The van der Waals surface area contributed by atoms with Gasteiger partial charge in [-0.15, -0.1) is 0 Å². The Balaban J connectivity index is 1.87. The van der Waals surface area contributed by atoms with Crippen LogP contribution in [0.1, 0.15) is 37.7 Å². The van der Waals surface area contributed by atoms with Crippen LogP contribution in [0.2, 0.25) is 0 Å². The van der Waals surface area contributed by atoms with Crippen molar-refractivity contribution in [3.63, 3.8) is 0 Å². The molecule has 2 unspecified atom stereocenters. The van der Waals surface area contributed by atoms with Crippen LogP contribution in [0.3, 0.4) is 0 Å². The molecule has 1 fully saturated rings. The van der Waals surface area contributed by atoms with Crippen LogP contribution in [0.4, 0.5) is 13.6 Å². The fourth-order valence-corrected chi connectivity index (χ4v) is 2.87. The Morgan fingerprint density at radius 2 is 2.00 bits per heavy atom. The minimum absolute atomic E-state index is 0.0451. The molecule has 4 nitrogen and oxygen atoms in total. The minimum atomic E-state index is -0.551. The van der Waals surface area contributed by atoms with E-state index in [0.717, 1.165) is 50.3 Å². The molecule has 122 valence electrons. The van der Waals surface area contributed by atoms with Crippen LogP contribution in [0.25, 0.3) is 0 Å². The van der Waals surface area contributed by atoms with E-state index in [0.29, 0.717) is 0 Å². The molecule has 1 aromatic rings. The first-order chi connectivity index (χ1) is 10.6. The lowest BCUT2D eigenvalue weighted by molar-refractivity contribution is 0.179. The number of amides is 2. The molecular formula is C16H22F2N2O2. The second-order valence-electron chi connectivity index (χ2n) is 5.75. The van der Waals surface area contributed by atoms with Gasteiger partial charge in [0.1, 0.15) is 11.6 Å². The molecule has 0 aliphatic heterocycles. The zero-order chi connectivity index (χ0) is 15.9. The largest absolute Gasteiger partial charge is 0.396 e. The van der Waals surface area contributed by atoms with Crippen molar-refractivity contribution in [1.29, 1.82) is 0 Å². The highest BCUT2D eigenvalue weighted by Gasteiger charge is 2.24. The normalized spacial score (nSPS) is 22.0. The summed E-state index contributed by atoms with van der Waals surface area (Å²) >= 11 is 0. The van der Waals surface area contributed by atoms with E-state index in [2.05, 4.69) is 10.6 Å². The van der Waals surface area contributed by atoms with Crippen molar-refractivity contribution in [2.24, 2.45) is 5.92 Å². The highest BCUT2D eigenvalue weighted by molar-refractivity contribution is 5.74. The summed E-state index contributed by atoms with van der Waals surface area (Å²) in [6, 6.07) is 2.64. The Morgan fingerprint density at radius 3 is 2.77 bits per heavy atom. The van der Waals surface area contributed by atoms with E-state index in [-0.39, 0.29) is 30.7 Å². The Hall–Kier alpha value is -1.69. The molecule has 1 aliphatic carbocycles. The van der Waals surface area contributed by atoms with Gasteiger partial charge in [-0.05, 0) is 31.0 Å². The number of urea groups is 1. The second-order valence-corrected chi connectivity index (χ2v) is 5.75. The van der Waals surface area contributed by atoms with E-state index < -0.39 is 17.7 Å². The van der Waals surface area contributed by atoms with Crippen LogP contribution < -0.4 is 10.6 Å². The van der Waals surface area contributed by atoms with Gasteiger partial charge in [0.25, 0.3) is 0 Å². The van der Waals surface area contributed by atoms with Gasteiger partial charge < -0.3 is 15.7 Å². The van der Waals surface area contributed by atoms with Crippen LogP contribution in [-0.4, -0.2) is 23.8 Å². The summed E-state index contributed by atoms with van der Waals surface area (Å²) in [7, 11) is 0.